The first-order valence-electron chi connectivity index (χ1n) is 7.42. The van der Waals surface area contributed by atoms with Crippen LogP contribution in [0.2, 0.25) is 0 Å². The molecule has 0 bridgehead atoms. The summed E-state index contributed by atoms with van der Waals surface area (Å²) in [6.07, 6.45) is -4.00. The second-order valence-corrected chi connectivity index (χ2v) is 7.09. The first-order chi connectivity index (χ1) is 11.9. The van der Waals surface area contributed by atoms with Gasteiger partial charge in [0, 0.05) is 6.54 Å². The van der Waals surface area contributed by atoms with Crippen molar-refractivity contribution in [3.05, 3.63) is 65.9 Å². The lowest BCUT2D eigenvalue weighted by molar-refractivity contribution is 0.116. The fourth-order valence-corrected chi connectivity index (χ4v) is 3.48. The highest BCUT2D eigenvalue weighted by atomic mass is 32.2. The van der Waals surface area contributed by atoms with E-state index in [1.54, 1.807) is 12.1 Å². The van der Waals surface area contributed by atoms with Gasteiger partial charge in [-0.1, -0.05) is 42.5 Å². The van der Waals surface area contributed by atoms with E-state index in [4.69, 9.17) is 0 Å². The lowest BCUT2D eigenvalue weighted by Crippen LogP contribution is -2.28. The molecule has 0 aliphatic heterocycles. The number of alkyl halides is 2. The standard InChI is InChI=1S/C17H15F2NO4S/c18-17(19)15-8-9-16(24-15)25(22,23)20-10-14(21)13-7-3-5-11-4-1-2-6-12(11)13/h1-9,14,17,20-21H,10H2. The molecule has 0 radical (unpaired) electrons. The van der Waals surface area contributed by atoms with Gasteiger partial charge in [0.15, 0.2) is 5.76 Å². The van der Waals surface area contributed by atoms with Crippen molar-refractivity contribution in [3.8, 4) is 0 Å². The smallest absolute Gasteiger partial charge is 0.295 e. The molecule has 1 heterocycles. The lowest BCUT2D eigenvalue weighted by atomic mass is 10.0. The summed E-state index contributed by atoms with van der Waals surface area (Å²) >= 11 is 0. The number of rotatable bonds is 6. The van der Waals surface area contributed by atoms with E-state index >= 15 is 0 Å². The molecular formula is C17H15F2NO4S. The molecule has 0 aliphatic carbocycles. The molecular weight excluding hydrogens is 352 g/mol. The Kier molecular flexibility index (Phi) is 4.85. The van der Waals surface area contributed by atoms with Crippen LogP contribution in [-0.2, 0) is 10.0 Å². The van der Waals surface area contributed by atoms with Gasteiger partial charge in [0.25, 0.3) is 16.4 Å². The van der Waals surface area contributed by atoms with Gasteiger partial charge >= 0.3 is 0 Å². The Morgan fingerprint density at radius 3 is 2.48 bits per heavy atom. The van der Waals surface area contributed by atoms with Gasteiger partial charge in [-0.3, -0.25) is 0 Å². The zero-order valence-electron chi connectivity index (χ0n) is 12.9. The first kappa shape index (κ1) is 17.5. The lowest BCUT2D eigenvalue weighted by Gasteiger charge is -2.14. The predicted octanol–water partition coefficient (Wildman–Crippen LogP) is 3.38. The van der Waals surface area contributed by atoms with Crippen LogP contribution >= 0.6 is 0 Å². The number of furan rings is 1. The number of hydrogen-bond acceptors (Lipinski definition) is 4. The Labute approximate surface area is 142 Å². The van der Waals surface area contributed by atoms with Gasteiger partial charge in [0.1, 0.15) is 0 Å². The predicted molar refractivity (Wildman–Crippen MR) is 87.8 cm³/mol. The summed E-state index contributed by atoms with van der Waals surface area (Å²) in [6, 6.07) is 14.6. The minimum atomic E-state index is -4.14. The molecule has 0 saturated heterocycles. The van der Waals surface area contributed by atoms with Crippen LogP contribution < -0.4 is 4.72 Å². The third kappa shape index (κ3) is 3.71. The van der Waals surface area contributed by atoms with Gasteiger partial charge in [0.05, 0.1) is 6.10 Å². The Morgan fingerprint density at radius 2 is 1.76 bits per heavy atom. The average Bonchev–Trinajstić information content (AvgIpc) is 3.10. The molecule has 1 aromatic heterocycles. The molecule has 0 spiro atoms. The maximum absolute atomic E-state index is 12.5. The van der Waals surface area contributed by atoms with Crippen molar-refractivity contribution in [3.63, 3.8) is 0 Å². The summed E-state index contributed by atoms with van der Waals surface area (Å²) < 4.78 is 56.0. The first-order valence-corrected chi connectivity index (χ1v) is 8.90. The fourth-order valence-electron chi connectivity index (χ4n) is 2.51. The number of hydrogen-bond donors (Lipinski definition) is 2. The highest BCUT2D eigenvalue weighted by molar-refractivity contribution is 7.89. The van der Waals surface area contributed by atoms with E-state index in [-0.39, 0.29) is 6.54 Å². The third-order valence-electron chi connectivity index (χ3n) is 3.73. The SMILES string of the molecule is O=S(=O)(NCC(O)c1cccc2ccccc12)c1ccc(C(F)F)o1. The van der Waals surface area contributed by atoms with Gasteiger partial charge in [-0.05, 0) is 28.5 Å². The van der Waals surface area contributed by atoms with E-state index in [9.17, 15) is 22.3 Å². The zero-order chi connectivity index (χ0) is 18.0. The van der Waals surface area contributed by atoms with E-state index in [1.807, 2.05) is 30.3 Å². The highest BCUT2D eigenvalue weighted by Crippen LogP contribution is 2.25. The average molecular weight is 367 g/mol. The normalized spacial score (nSPS) is 13.4. The van der Waals surface area contributed by atoms with E-state index in [2.05, 4.69) is 9.14 Å². The molecule has 0 fully saturated rings. The van der Waals surface area contributed by atoms with Crippen LogP contribution in [0.4, 0.5) is 8.78 Å². The van der Waals surface area contributed by atoms with Crippen molar-refractivity contribution in [2.24, 2.45) is 0 Å². The molecule has 132 valence electrons. The Morgan fingerprint density at radius 1 is 1.04 bits per heavy atom. The van der Waals surface area contributed by atoms with Gasteiger partial charge in [0.2, 0.25) is 5.09 Å². The molecule has 0 amide bonds. The van der Waals surface area contributed by atoms with Crippen LogP contribution in [0.3, 0.4) is 0 Å². The second-order valence-electron chi connectivity index (χ2n) is 5.39. The molecule has 8 heteroatoms. The van der Waals surface area contributed by atoms with Crippen molar-refractivity contribution >= 4 is 20.8 Å². The van der Waals surface area contributed by atoms with Crippen LogP contribution in [0.5, 0.6) is 0 Å². The van der Waals surface area contributed by atoms with Crippen molar-refractivity contribution in [1.82, 2.24) is 4.72 Å². The van der Waals surface area contributed by atoms with Crippen LogP contribution in [0.15, 0.2) is 64.1 Å². The summed E-state index contributed by atoms with van der Waals surface area (Å²) in [7, 11) is -4.14. The molecule has 3 rings (SSSR count). The molecule has 1 atom stereocenters. The van der Waals surface area contributed by atoms with Gasteiger partial charge in [-0.2, -0.15) is 0 Å². The highest BCUT2D eigenvalue weighted by Gasteiger charge is 2.23. The van der Waals surface area contributed by atoms with Crippen LogP contribution in [-0.4, -0.2) is 20.1 Å². The van der Waals surface area contributed by atoms with Crippen molar-refractivity contribution in [2.45, 2.75) is 17.6 Å². The van der Waals surface area contributed by atoms with Crippen molar-refractivity contribution in [2.75, 3.05) is 6.54 Å². The minimum absolute atomic E-state index is 0.318. The minimum Gasteiger partial charge on any atom is -0.442 e. The van der Waals surface area contributed by atoms with E-state index in [0.29, 0.717) is 5.56 Å². The van der Waals surface area contributed by atoms with Crippen molar-refractivity contribution < 1.29 is 26.7 Å². The Balaban J connectivity index is 1.77. The molecule has 0 saturated carbocycles. The number of fused-ring (bicyclic) bond motifs is 1. The summed E-state index contributed by atoms with van der Waals surface area (Å²) in [4.78, 5) is 0. The third-order valence-corrected chi connectivity index (χ3v) is 5.03. The quantitative estimate of drug-likeness (QED) is 0.700. The molecule has 3 aromatic rings. The van der Waals surface area contributed by atoms with Crippen LogP contribution in [0, 0.1) is 0 Å². The topological polar surface area (TPSA) is 79.5 Å². The van der Waals surface area contributed by atoms with E-state index in [1.165, 1.54) is 0 Å². The number of nitrogens with one attached hydrogen (secondary N) is 1. The van der Waals surface area contributed by atoms with E-state index in [0.717, 1.165) is 22.9 Å². The maximum atomic E-state index is 12.5. The van der Waals surface area contributed by atoms with E-state index < -0.39 is 33.4 Å². The van der Waals surface area contributed by atoms with Crippen LogP contribution in [0.1, 0.15) is 23.9 Å². The largest absolute Gasteiger partial charge is 0.442 e. The Hall–Kier alpha value is -2.29. The summed E-state index contributed by atoms with van der Waals surface area (Å²) in [5.41, 5.74) is 0.563. The zero-order valence-corrected chi connectivity index (χ0v) is 13.7. The van der Waals surface area contributed by atoms with Gasteiger partial charge in [-0.25, -0.2) is 21.9 Å². The summed E-state index contributed by atoms with van der Waals surface area (Å²) in [5, 5.41) is 11.4. The Bertz CT molecular complexity index is 980. The molecule has 2 aromatic carbocycles. The maximum Gasteiger partial charge on any atom is 0.295 e. The molecule has 5 nitrogen and oxygen atoms in total. The molecule has 0 aliphatic rings. The number of aliphatic hydroxyl groups excluding tert-OH is 1. The van der Waals surface area contributed by atoms with Gasteiger partial charge in [-0.15, -0.1) is 0 Å². The molecule has 2 N–H and O–H groups in total. The number of sulfonamides is 1. The fraction of sp³-hybridized carbons (Fsp3) is 0.176. The number of halogens is 2. The summed E-state index contributed by atoms with van der Waals surface area (Å²) in [6.45, 7) is -0.318. The monoisotopic (exact) mass is 367 g/mol. The number of aliphatic hydroxyl groups is 1. The molecule has 1 unspecified atom stereocenters. The molecule has 25 heavy (non-hydrogen) atoms. The van der Waals surface area contributed by atoms with Crippen LogP contribution in [0.25, 0.3) is 10.8 Å². The van der Waals surface area contributed by atoms with Gasteiger partial charge < -0.3 is 9.52 Å². The summed E-state index contributed by atoms with van der Waals surface area (Å²) in [5.74, 6) is -0.727. The number of benzene rings is 2. The second kappa shape index (κ2) is 6.91. The van der Waals surface area contributed by atoms with Crippen molar-refractivity contribution in [1.29, 1.82) is 0 Å².